The molecule has 2 N–H and O–H groups in total. The molecule has 4 heteroatoms. The molecule has 186 valence electrons. The first-order chi connectivity index (χ1) is 15.8. The van der Waals surface area contributed by atoms with E-state index in [1.54, 1.807) is 0 Å². The Morgan fingerprint density at radius 3 is 2.53 bits per heavy atom. The number of rotatable bonds is 3. The third kappa shape index (κ3) is 2.22. The van der Waals surface area contributed by atoms with Crippen molar-refractivity contribution in [2.24, 2.45) is 28.1 Å². The molecule has 0 aromatic heterocycles. The van der Waals surface area contributed by atoms with Gasteiger partial charge in [0.25, 0.3) is 0 Å². The molecule has 1 aromatic carbocycles. The summed E-state index contributed by atoms with van der Waals surface area (Å²) >= 11 is 0. The molecule has 8 rings (SSSR count). The van der Waals surface area contributed by atoms with Gasteiger partial charge in [-0.2, -0.15) is 0 Å². The molecule has 4 nitrogen and oxygen atoms in total. The van der Waals surface area contributed by atoms with Crippen molar-refractivity contribution in [2.75, 3.05) is 20.1 Å². The summed E-state index contributed by atoms with van der Waals surface area (Å²) in [5, 5.41) is 23.2. The second-order valence-corrected chi connectivity index (χ2v) is 15.0. The summed E-state index contributed by atoms with van der Waals surface area (Å²) in [6.07, 6.45) is 8.52. The Hall–Kier alpha value is -1.26. The molecule has 1 aromatic rings. The molecule has 2 heterocycles. The van der Waals surface area contributed by atoms with Gasteiger partial charge in [-0.1, -0.05) is 33.8 Å². The number of hydrogen-bond acceptors (Lipinski definition) is 3. The highest BCUT2D eigenvalue weighted by molar-refractivity contribution is 5.62. The van der Waals surface area contributed by atoms with Crippen LogP contribution >= 0.6 is 0 Å². The summed E-state index contributed by atoms with van der Waals surface area (Å²) < 4.78 is 8.16. The van der Waals surface area contributed by atoms with E-state index in [2.05, 4.69) is 47.7 Å². The van der Waals surface area contributed by atoms with Gasteiger partial charge < -0.3 is 19.4 Å². The molecule has 0 amide bonds. The average molecular weight is 467 g/mol. The van der Waals surface area contributed by atoms with E-state index in [0.717, 1.165) is 37.4 Å². The highest BCUT2D eigenvalue weighted by atomic mass is 16.5. The molecule has 0 radical (unpaired) electrons. The van der Waals surface area contributed by atoms with Crippen LogP contribution in [0.1, 0.15) is 84.3 Å². The number of ether oxygens (including phenoxy) is 1. The molecule has 34 heavy (non-hydrogen) atoms. The molecular formula is C30H44NO3+. The van der Waals surface area contributed by atoms with Gasteiger partial charge in [0, 0.05) is 35.2 Å². The van der Waals surface area contributed by atoms with E-state index in [1.807, 2.05) is 6.07 Å². The summed E-state index contributed by atoms with van der Waals surface area (Å²) in [4.78, 5) is 0. The molecule has 1 unspecified atom stereocenters. The van der Waals surface area contributed by atoms with Crippen molar-refractivity contribution in [1.82, 2.24) is 0 Å². The predicted octanol–water partition coefficient (Wildman–Crippen LogP) is 5.18. The second-order valence-electron chi connectivity index (χ2n) is 15.0. The van der Waals surface area contributed by atoms with Crippen molar-refractivity contribution < 1.29 is 19.4 Å². The third-order valence-electron chi connectivity index (χ3n) is 12.7. The van der Waals surface area contributed by atoms with Crippen LogP contribution in [-0.4, -0.2) is 52.6 Å². The monoisotopic (exact) mass is 466 g/mol. The number of likely N-dealkylation sites (N-methyl/N-ethyl adjacent to an activating group) is 1. The highest BCUT2D eigenvalue weighted by Gasteiger charge is 2.83. The van der Waals surface area contributed by atoms with Crippen LogP contribution < -0.4 is 4.74 Å². The molecule has 2 spiro atoms. The van der Waals surface area contributed by atoms with Crippen molar-refractivity contribution in [1.29, 1.82) is 0 Å². The van der Waals surface area contributed by atoms with E-state index in [4.69, 9.17) is 4.74 Å². The van der Waals surface area contributed by atoms with Gasteiger partial charge in [-0.15, -0.1) is 0 Å². The summed E-state index contributed by atoms with van der Waals surface area (Å²) in [6, 6.07) is 4.66. The maximum atomic E-state index is 12.2. The zero-order valence-corrected chi connectivity index (χ0v) is 22.1. The van der Waals surface area contributed by atoms with Gasteiger partial charge in [0.15, 0.2) is 11.5 Å². The number of hydrogen-bond donors (Lipinski definition) is 2. The molecule has 1 saturated heterocycles. The smallest absolute Gasteiger partial charge is 0.165 e. The normalized spacial score (nSPS) is 47.7. The topological polar surface area (TPSA) is 49.7 Å². The van der Waals surface area contributed by atoms with Crippen LogP contribution in [0.25, 0.3) is 0 Å². The van der Waals surface area contributed by atoms with Gasteiger partial charge in [0.1, 0.15) is 6.10 Å². The van der Waals surface area contributed by atoms with Gasteiger partial charge in [0.05, 0.1) is 37.2 Å². The maximum absolute atomic E-state index is 12.2. The minimum atomic E-state index is -0.786. The SMILES string of the molecule is CC(C)(C)C(C)(O)[C@H]1C[C@@]23CC[C@@]1(C)[C@@H]1Oc4c(O)ccc5c4[C@@]12CC[N@@+](C)(CC1CC1)[C@@H]3C5. The lowest BCUT2D eigenvalue weighted by atomic mass is 9.31. The molecule has 5 aliphatic carbocycles. The van der Waals surface area contributed by atoms with Crippen LogP contribution in [0.15, 0.2) is 12.1 Å². The van der Waals surface area contributed by atoms with Gasteiger partial charge in [-0.05, 0) is 62.0 Å². The lowest BCUT2D eigenvalue weighted by Crippen LogP contribution is -2.82. The molecule has 4 saturated carbocycles. The van der Waals surface area contributed by atoms with Crippen LogP contribution in [0.4, 0.5) is 0 Å². The Bertz CT molecular complexity index is 1090. The molecule has 2 aliphatic heterocycles. The quantitative estimate of drug-likeness (QED) is 0.604. The fraction of sp³-hybridized carbons (Fsp3) is 0.800. The van der Waals surface area contributed by atoms with E-state index in [0.29, 0.717) is 11.8 Å². The summed E-state index contributed by atoms with van der Waals surface area (Å²) in [7, 11) is 2.56. The first-order valence-electron chi connectivity index (χ1n) is 13.9. The molecule has 4 bridgehead atoms. The number of aromatic hydroxyl groups is 1. The summed E-state index contributed by atoms with van der Waals surface area (Å²) in [6.45, 7) is 13.7. The zero-order chi connectivity index (χ0) is 24.1. The summed E-state index contributed by atoms with van der Waals surface area (Å²) in [5.74, 6) is 2.18. The Morgan fingerprint density at radius 1 is 1.12 bits per heavy atom. The van der Waals surface area contributed by atoms with E-state index < -0.39 is 5.60 Å². The fourth-order valence-corrected chi connectivity index (χ4v) is 10.4. The number of phenolic OH excluding ortho intramolecular Hbond substituents is 1. The fourth-order valence-electron chi connectivity index (χ4n) is 10.4. The lowest BCUT2D eigenvalue weighted by Gasteiger charge is -2.76. The first-order valence-corrected chi connectivity index (χ1v) is 13.9. The van der Waals surface area contributed by atoms with Crippen LogP contribution in [0.2, 0.25) is 0 Å². The number of aliphatic hydroxyl groups is 1. The Morgan fingerprint density at radius 2 is 1.85 bits per heavy atom. The first kappa shape index (κ1) is 22.0. The number of benzene rings is 1. The number of quaternary nitrogens is 1. The Kier molecular flexibility index (Phi) is 3.87. The van der Waals surface area contributed by atoms with Crippen LogP contribution in [0, 0.1) is 28.1 Å². The maximum Gasteiger partial charge on any atom is 0.165 e. The number of fused-ring (bicyclic) bond motifs is 2. The van der Waals surface area contributed by atoms with Gasteiger partial charge in [0.2, 0.25) is 0 Å². The highest BCUT2D eigenvalue weighted by Crippen LogP contribution is 2.80. The average Bonchev–Trinajstić information content (AvgIpc) is 3.47. The predicted molar refractivity (Wildman–Crippen MR) is 133 cm³/mol. The van der Waals surface area contributed by atoms with Crippen molar-refractivity contribution in [3.63, 3.8) is 0 Å². The Balaban J connectivity index is 1.48. The standard InChI is InChI=1S/C30H43NO3/c1-26(2,3)28(5,33)21-16-29-12-11-27(21,4)25-30(29)13-14-31(6,17-18-7-8-18)22(29)15-19-9-10-20(32)24(34-25)23(19)30/h9-10,18,21-22,25,33H,7-8,11-17H2,1-6H3/p+1/t21-,22+,25-,27+,28?,29+,30-,31-/m0/s1. The van der Waals surface area contributed by atoms with Crippen LogP contribution in [0.5, 0.6) is 11.5 Å². The zero-order valence-electron chi connectivity index (χ0n) is 22.1. The molecular weight excluding hydrogens is 422 g/mol. The number of likely N-dealkylation sites (tertiary alicyclic amines) is 1. The summed E-state index contributed by atoms with van der Waals surface area (Å²) in [5.41, 5.74) is 1.80. The molecule has 7 aliphatic rings. The minimum absolute atomic E-state index is 0.0158. The third-order valence-corrected chi connectivity index (χ3v) is 12.7. The van der Waals surface area contributed by atoms with Gasteiger partial charge in [-0.25, -0.2) is 0 Å². The number of nitrogens with zero attached hydrogens (tertiary/aromatic N) is 1. The second kappa shape index (κ2) is 5.99. The molecule has 8 atom stereocenters. The van der Waals surface area contributed by atoms with E-state index in [1.165, 1.54) is 48.0 Å². The lowest BCUT2D eigenvalue weighted by molar-refractivity contribution is -0.952. The van der Waals surface area contributed by atoms with Gasteiger partial charge >= 0.3 is 0 Å². The van der Waals surface area contributed by atoms with Gasteiger partial charge in [-0.3, -0.25) is 0 Å². The number of phenols is 1. The van der Waals surface area contributed by atoms with E-state index in [9.17, 15) is 10.2 Å². The van der Waals surface area contributed by atoms with Crippen molar-refractivity contribution >= 4 is 0 Å². The van der Waals surface area contributed by atoms with E-state index in [-0.39, 0.29) is 33.7 Å². The van der Waals surface area contributed by atoms with Crippen molar-refractivity contribution in [3.8, 4) is 11.5 Å². The van der Waals surface area contributed by atoms with Crippen LogP contribution in [0.3, 0.4) is 0 Å². The Labute approximate surface area is 205 Å². The van der Waals surface area contributed by atoms with Crippen LogP contribution in [-0.2, 0) is 11.8 Å². The largest absolute Gasteiger partial charge is 0.504 e. The van der Waals surface area contributed by atoms with E-state index >= 15 is 0 Å². The minimum Gasteiger partial charge on any atom is -0.504 e. The molecule has 5 fully saturated rings. The van der Waals surface area contributed by atoms with Crippen molar-refractivity contribution in [2.45, 2.75) is 103 Å². The van der Waals surface area contributed by atoms with Crippen molar-refractivity contribution in [3.05, 3.63) is 23.3 Å². The number of piperidine rings is 1.